The van der Waals surface area contributed by atoms with Gasteiger partial charge >= 0.3 is 0 Å². The molecule has 0 radical (unpaired) electrons. The molecule has 3 N–H and O–H groups in total. The number of aryl methyl sites for hydroxylation is 2. The van der Waals surface area contributed by atoms with E-state index < -0.39 is 0 Å². The van der Waals surface area contributed by atoms with Crippen molar-refractivity contribution in [3.8, 4) is 5.75 Å². The van der Waals surface area contributed by atoms with Crippen LogP contribution in [0.3, 0.4) is 0 Å². The highest BCUT2D eigenvalue weighted by atomic mass is 32.1. The lowest BCUT2D eigenvalue weighted by Gasteiger charge is -2.16. The molecule has 130 valence electrons. The molecule has 3 aromatic heterocycles. The summed E-state index contributed by atoms with van der Waals surface area (Å²) >= 11 is 1.64. The molecule has 5 heteroatoms. The van der Waals surface area contributed by atoms with Gasteiger partial charge in [-0.3, -0.25) is 5.32 Å². The number of phenolic OH excluding ortho intramolecular Hbond substituents is 1. The number of fused-ring (bicyclic) bond motifs is 1. The lowest BCUT2D eigenvalue weighted by Crippen LogP contribution is -2.18. The molecule has 0 saturated carbocycles. The Labute approximate surface area is 156 Å². The summed E-state index contributed by atoms with van der Waals surface area (Å²) in [6.45, 7) is 3.99. The Morgan fingerprint density at radius 2 is 1.96 bits per heavy atom. The van der Waals surface area contributed by atoms with Crippen molar-refractivity contribution in [1.82, 2.24) is 4.98 Å². The van der Waals surface area contributed by atoms with Crippen molar-refractivity contribution in [2.24, 2.45) is 0 Å². The second-order valence-electron chi connectivity index (χ2n) is 6.44. The van der Waals surface area contributed by atoms with Crippen LogP contribution >= 0.6 is 11.3 Å². The topological polar surface area (TPSA) is 59.3 Å². The molecule has 0 bridgehead atoms. The molecule has 3 heterocycles. The third-order valence-electron chi connectivity index (χ3n) is 4.45. The van der Waals surface area contributed by atoms with Crippen LogP contribution in [-0.4, -0.2) is 10.1 Å². The maximum Gasteiger partial charge on any atom is 0.273 e. The molecule has 0 spiro atoms. The number of thiophene rings is 1. The van der Waals surface area contributed by atoms with E-state index in [2.05, 4.69) is 39.7 Å². The normalized spacial score (nSPS) is 12.2. The molecular weight excluding hydrogens is 342 g/mol. The van der Waals surface area contributed by atoms with E-state index in [9.17, 15) is 5.11 Å². The number of hydrogen-bond donors (Lipinski definition) is 2. The lowest BCUT2D eigenvalue weighted by molar-refractivity contribution is -0.361. The fourth-order valence-electron chi connectivity index (χ4n) is 3.12. The number of nitrogens with zero attached hydrogens (tertiary/aromatic N) is 1. The molecule has 0 aliphatic carbocycles. The Kier molecular flexibility index (Phi) is 4.31. The number of phenols is 1. The van der Waals surface area contributed by atoms with E-state index in [-0.39, 0.29) is 11.8 Å². The molecule has 0 fully saturated rings. The zero-order valence-electron chi connectivity index (χ0n) is 14.7. The maximum atomic E-state index is 11.0. The van der Waals surface area contributed by atoms with Crippen LogP contribution in [0, 0.1) is 13.8 Å². The van der Waals surface area contributed by atoms with Crippen LogP contribution < -0.4 is 10.3 Å². The minimum atomic E-state index is -0.175. The Morgan fingerprint density at radius 1 is 1.12 bits per heavy atom. The molecule has 0 aliphatic rings. The zero-order valence-corrected chi connectivity index (χ0v) is 15.5. The lowest BCUT2D eigenvalue weighted by atomic mass is 9.98. The fourth-order valence-corrected chi connectivity index (χ4v) is 3.80. The van der Waals surface area contributed by atoms with Crippen LogP contribution in [0.25, 0.3) is 10.9 Å². The molecule has 4 nitrogen and oxygen atoms in total. The quantitative estimate of drug-likeness (QED) is 0.556. The number of nitrogens with one attached hydrogen (secondary N) is 2. The van der Waals surface area contributed by atoms with E-state index in [1.54, 1.807) is 11.3 Å². The summed E-state index contributed by atoms with van der Waals surface area (Å²) in [6.07, 6.45) is 1.91. The van der Waals surface area contributed by atoms with Crippen molar-refractivity contribution in [1.29, 1.82) is 0 Å². The highest BCUT2D eigenvalue weighted by molar-refractivity contribution is 7.08. The first-order valence-electron chi connectivity index (χ1n) is 8.48. The van der Waals surface area contributed by atoms with E-state index >= 15 is 0 Å². The average molecular weight is 362 g/mol. The second-order valence-corrected chi connectivity index (χ2v) is 7.22. The van der Waals surface area contributed by atoms with Crippen molar-refractivity contribution < 1.29 is 10.1 Å². The minimum Gasteiger partial charge on any atom is -0.505 e. The number of aromatic amines is 1. The first kappa shape index (κ1) is 16.5. The van der Waals surface area contributed by atoms with E-state index in [1.807, 2.05) is 48.8 Å². The Bertz CT molecular complexity index is 1060. The number of rotatable bonds is 4. The van der Waals surface area contributed by atoms with E-state index in [0.717, 1.165) is 33.6 Å². The van der Waals surface area contributed by atoms with Gasteiger partial charge in [0.05, 0.1) is 6.20 Å². The van der Waals surface area contributed by atoms with Gasteiger partial charge in [-0.1, -0.05) is 12.1 Å². The average Bonchev–Trinajstić information content (AvgIpc) is 3.15. The fraction of sp³-hybridized carbons (Fsp3) is 0.143. The summed E-state index contributed by atoms with van der Waals surface area (Å²) in [5.74, 6) is 1.13. The summed E-state index contributed by atoms with van der Waals surface area (Å²) in [6, 6.07) is 13.9. The van der Waals surface area contributed by atoms with Crippen LogP contribution in [0.2, 0.25) is 0 Å². The monoisotopic (exact) mass is 362 g/mol. The molecule has 1 aromatic carbocycles. The smallest absolute Gasteiger partial charge is 0.273 e. The van der Waals surface area contributed by atoms with Gasteiger partial charge in [0, 0.05) is 28.3 Å². The Balaban J connectivity index is 1.84. The van der Waals surface area contributed by atoms with Crippen LogP contribution in [0.1, 0.15) is 28.4 Å². The van der Waals surface area contributed by atoms with E-state index in [4.69, 9.17) is 0 Å². The van der Waals surface area contributed by atoms with E-state index in [0.29, 0.717) is 5.52 Å². The molecule has 0 saturated heterocycles. The Hall–Kier alpha value is -2.92. The predicted molar refractivity (Wildman–Crippen MR) is 106 cm³/mol. The minimum absolute atomic E-state index is 0.175. The second kappa shape index (κ2) is 6.77. The molecule has 4 rings (SSSR count). The summed E-state index contributed by atoms with van der Waals surface area (Å²) < 4.78 is 0. The molecule has 4 aromatic rings. The third kappa shape index (κ3) is 3.13. The zero-order chi connectivity index (χ0) is 18.1. The number of benzene rings is 1. The van der Waals surface area contributed by atoms with Gasteiger partial charge in [-0.25, -0.2) is 9.97 Å². The molecule has 26 heavy (non-hydrogen) atoms. The number of aromatic hydroxyl groups is 1. The van der Waals surface area contributed by atoms with E-state index in [1.165, 1.54) is 0 Å². The van der Waals surface area contributed by atoms with Crippen LogP contribution in [-0.2, 0) is 0 Å². The van der Waals surface area contributed by atoms with Gasteiger partial charge in [-0.05, 0) is 54.4 Å². The number of anilines is 1. The van der Waals surface area contributed by atoms with Crippen LogP contribution in [0.5, 0.6) is 5.75 Å². The molecule has 0 amide bonds. The SMILES string of the molecule is Cc1cc[nH+]c(N[C@@H](c2ccsc2)c2ccc3ccc(C)nc3c2O)c1. The van der Waals surface area contributed by atoms with Gasteiger partial charge in [0.25, 0.3) is 5.82 Å². The third-order valence-corrected chi connectivity index (χ3v) is 5.15. The maximum absolute atomic E-state index is 11.0. The molecule has 0 unspecified atom stereocenters. The number of H-pyrrole nitrogens is 1. The summed E-state index contributed by atoms with van der Waals surface area (Å²) in [4.78, 5) is 7.77. The van der Waals surface area contributed by atoms with Crippen LogP contribution in [0.4, 0.5) is 5.82 Å². The number of aromatic nitrogens is 2. The Morgan fingerprint density at radius 3 is 2.73 bits per heavy atom. The molecule has 0 aliphatic heterocycles. The highest BCUT2D eigenvalue weighted by Crippen LogP contribution is 2.36. The molecule has 1 atom stereocenters. The van der Waals surface area contributed by atoms with Gasteiger partial charge in [0.1, 0.15) is 17.3 Å². The van der Waals surface area contributed by atoms with Crippen molar-refractivity contribution in [3.63, 3.8) is 0 Å². The van der Waals surface area contributed by atoms with Gasteiger partial charge in [0.2, 0.25) is 0 Å². The van der Waals surface area contributed by atoms with Gasteiger partial charge in [-0.15, -0.1) is 0 Å². The first-order valence-corrected chi connectivity index (χ1v) is 9.42. The number of hydrogen-bond acceptors (Lipinski definition) is 4. The summed E-state index contributed by atoms with van der Waals surface area (Å²) in [7, 11) is 0. The summed E-state index contributed by atoms with van der Waals surface area (Å²) in [5.41, 5.74) is 4.60. The van der Waals surface area contributed by atoms with Gasteiger partial charge in [-0.2, -0.15) is 11.3 Å². The largest absolute Gasteiger partial charge is 0.505 e. The molecular formula is C21H20N3OS+. The van der Waals surface area contributed by atoms with Crippen molar-refractivity contribution in [2.75, 3.05) is 5.32 Å². The first-order chi connectivity index (χ1) is 12.6. The van der Waals surface area contributed by atoms with Gasteiger partial charge < -0.3 is 5.11 Å². The van der Waals surface area contributed by atoms with Crippen molar-refractivity contribution in [3.05, 3.63) is 81.8 Å². The predicted octanol–water partition coefficient (Wildman–Crippen LogP) is 4.63. The van der Waals surface area contributed by atoms with Gasteiger partial charge in [0.15, 0.2) is 0 Å². The standard InChI is InChI=1S/C21H19N3OS/c1-13-7-9-22-18(11-13)24-19(16-8-10-26-12-16)17-6-5-15-4-3-14(2)23-20(15)21(17)25/h3-12,19,25H,1-2H3,(H,22,24)/p+1/t19-/m0/s1. The number of pyridine rings is 2. The highest BCUT2D eigenvalue weighted by Gasteiger charge is 2.24. The van der Waals surface area contributed by atoms with Crippen LogP contribution in [0.15, 0.2) is 59.4 Å². The summed E-state index contributed by atoms with van der Waals surface area (Å²) in [5, 5.41) is 19.6. The van der Waals surface area contributed by atoms with Crippen molar-refractivity contribution in [2.45, 2.75) is 19.9 Å². The van der Waals surface area contributed by atoms with Crippen molar-refractivity contribution >= 4 is 28.1 Å².